The van der Waals surface area contributed by atoms with Gasteiger partial charge in [0.25, 0.3) is 0 Å². The van der Waals surface area contributed by atoms with Crippen LogP contribution in [0.3, 0.4) is 0 Å². The number of rotatable bonds is 2. The predicted molar refractivity (Wildman–Crippen MR) is 72.0 cm³/mol. The topological polar surface area (TPSA) is 40.6 Å². The molecule has 106 valence electrons. The highest BCUT2D eigenvalue weighted by molar-refractivity contribution is 7.89. The first-order valence-corrected chi connectivity index (χ1v) is 7.73. The van der Waals surface area contributed by atoms with Crippen LogP contribution in [0, 0.1) is 12.7 Å². The highest BCUT2D eigenvalue weighted by Crippen LogP contribution is 2.22. The van der Waals surface area contributed by atoms with E-state index in [-0.39, 0.29) is 16.8 Å². The van der Waals surface area contributed by atoms with Crippen molar-refractivity contribution in [2.45, 2.75) is 24.8 Å². The Labute approximate surface area is 113 Å². The number of benzene rings is 1. The SMILES string of the molecule is Cc1cc(S(=O)(=O)N2CCN(C)CC2C)ccc1F. The smallest absolute Gasteiger partial charge is 0.243 e. The van der Waals surface area contributed by atoms with Crippen LogP contribution in [-0.4, -0.2) is 50.3 Å². The molecule has 0 aromatic heterocycles. The molecule has 0 bridgehead atoms. The minimum absolute atomic E-state index is 0.0749. The van der Waals surface area contributed by atoms with Crippen LogP contribution in [0.25, 0.3) is 0 Å². The van der Waals surface area contributed by atoms with E-state index in [1.54, 1.807) is 6.92 Å². The van der Waals surface area contributed by atoms with Crippen molar-refractivity contribution < 1.29 is 12.8 Å². The summed E-state index contributed by atoms with van der Waals surface area (Å²) in [6, 6.07) is 3.87. The molecule has 1 aliphatic heterocycles. The number of hydrogen-bond acceptors (Lipinski definition) is 3. The van der Waals surface area contributed by atoms with E-state index in [0.717, 1.165) is 0 Å². The number of likely N-dealkylation sites (N-methyl/N-ethyl adjacent to an activating group) is 1. The van der Waals surface area contributed by atoms with E-state index in [0.29, 0.717) is 25.2 Å². The van der Waals surface area contributed by atoms with Crippen molar-refractivity contribution in [3.05, 3.63) is 29.6 Å². The molecule has 1 unspecified atom stereocenters. The summed E-state index contributed by atoms with van der Waals surface area (Å²) in [5.41, 5.74) is 0.350. The second-order valence-corrected chi connectivity index (χ2v) is 7.03. The molecule has 1 saturated heterocycles. The number of nitrogens with zero attached hydrogens (tertiary/aromatic N) is 2. The fourth-order valence-electron chi connectivity index (χ4n) is 2.39. The lowest BCUT2D eigenvalue weighted by atomic mass is 10.2. The van der Waals surface area contributed by atoms with Gasteiger partial charge in [0.05, 0.1) is 4.90 Å². The minimum Gasteiger partial charge on any atom is -0.303 e. The van der Waals surface area contributed by atoms with Crippen molar-refractivity contribution in [3.8, 4) is 0 Å². The highest BCUT2D eigenvalue weighted by Gasteiger charge is 2.32. The zero-order valence-corrected chi connectivity index (χ0v) is 12.2. The summed E-state index contributed by atoms with van der Waals surface area (Å²) in [7, 11) is -1.56. The second-order valence-electron chi connectivity index (χ2n) is 5.14. The van der Waals surface area contributed by atoms with Gasteiger partial charge in [0.2, 0.25) is 10.0 Å². The average molecular weight is 286 g/mol. The summed E-state index contributed by atoms with van der Waals surface area (Å²) < 4.78 is 39.8. The monoisotopic (exact) mass is 286 g/mol. The van der Waals surface area contributed by atoms with Crippen molar-refractivity contribution in [2.75, 3.05) is 26.7 Å². The lowest BCUT2D eigenvalue weighted by Gasteiger charge is -2.37. The van der Waals surface area contributed by atoms with Gasteiger partial charge in [-0.1, -0.05) is 0 Å². The van der Waals surface area contributed by atoms with Crippen molar-refractivity contribution in [2.24, 2.45) is 0 Å². The molecule has 1 aromatic carbocycles. The highest BCUT2D eigenvalue weighted by atomic mass is 32.2. The third-order valence-corrected chi connectivity index (χ3v) is 5.52. The summed E-state index contributed by atoms with van der Waals surface area (Å²) in [4.78, 5) is 2.27. The van der Waals surface area contributed by atoms with Gasteiger partial charge in [-0.25, -0.2) is 12.8 Å². The first-order chi connectivity index (χ1) is 8.82. The van der Waals surface area contributed by atoms with E-state index >= 15 is 0 Å². The molecule has 1 atom stereocenters. The molecular formula is C13H19FN2O2S. The zero-order valence-electron chi connectivity index (χ0n) is 11.4. The summed E-state index contributed by atoms with van der Waals surface area (Å²) in [6.07, 6.45) is 0. The molecule has 1 aliphatic rings. The molecule has 0 N–H and O–H groups in total. The van der Waals surface area contributed by atoms with Crippen LogP contribution in [0.15, 0.2) is 23.1 Å². The molecule has 19 heavy (non-hydrogen) atoms. The molecule has 2 rings (SSSR count). The van der Waals surface area contributed by atoms with Gasteiger partial charge in [-0.15, -0.1) is 0 Å². The van der Waals surface area contributed by atoms with Crippen LogP contribution in [0.4, 0.5) is 4.39 Å². The number of sulfonamides is 1. The number of piperazine rings is 1. The molecule has 1 fully saturated rings. The molecule has 0 amide bonds. The standard InChI is InChI=1S/C13H19FN2O2S/c1-10-8-12(4-5-13(10)14)19(17,18)16-7-6-15(3)9-11(16)2/h4-5,8,11H,6-7,9H2,1-3H3. The van der Waals surface area contributed by atoms with Gasteiger partial charge in [-0.3, -0.25) is 0 Å². The Morgan fingerprint density at radius 3 is 2.58 bits per heavy atom. The Balaban J connectivity index is 2.34. The Bertz CT molecular complexity index is 574. The van der Waals surface area contributed by atoms with E-state index in [4.69, 9.17) is 0 Å². The van der Waals surface area contributed by atoms with Crippen LogP contribution in [0.1, 0.15) is 12.5 Å². The first kappa shape index (κ1) is 14.4. The van der Waals surface area contributed by atoms with E-state index < -0.39 is 10.0 Å². The molecule has 1 aromatic rings. The van der Waals surface area contributed by atoms with Gasteiger partial charge in [0.15, 0.2) is 0 Å². The average Bonchev–Trinajstić information content (AvgIpc) is 2.32. The van der Waals surface area contributed by atoms with E-state index in [1.165, 1.54) is 22.5 Å². The fourth-order valence-corrected chi connectivity index (χ4v) is 4.09. The Kier molecular flexibility index (Phi) is 3.94. The van der Waals surface area contributed by atoms with Crippen molar-refractivity contribution in [1.82, 2.24) is 9.21 Å². The molecular weight excluding hydrogens is 267 g/mol. The molecule has 0 saturated carbocycles. The van der Waals surface area contributed by atoms with Gasteiger partial charge in [-0.2, -0.15) is 4.31 Å². The summed E-state index contributed by atoms with van der Waals surface area (Å²) in [5.74, 6) is -0.384. The number of hydrogen-bond donors (Lipinski definition) is 0. The Morgan fingerprint density at radius 2 is 2.00 bits per heavy atom. The number of aryl methyl sites for hydroxylation is 1. The lowest BCUT2D eigenvalue weighted by Crippen LogP contribution is -2.52. The molecule has 0 spiro atoms. The maximum atomic E-state index is 13.2. The Morgan fingerprint density at radius 1 is 1.32 bits per heavy atom. The summed E-state index contributed by atoms with van der Waals surface area (Å²) in [6.45, 7) is 5.35. The normalized spacial score (nSPS) is 22.6. The third-order valence-electron chi connectivity index (χ3n) is 3.51. The summed E-state index contributed by atoms with van der Waals surface area (Å²) in [5, 5.41) is 0. The maximum absolute atomic E-state index is 13.2. The van der Waals surface area contributed by atoms with Gasteiger partial charge in [-0.05, 0) is 44.7 Å². The Hall–Kier alpha value is -0.980. The minimum atomic E-state index is -3.53. The second kappa shape index (κ2) is 5.19. The largest absolute Gasteiger partial charge is 0.303 e. The zero-order chi connectivity index (χ0) is 14.2. The molecule has 0 radical (unpaired) electrons. The lowest BCUT2D eigenvalue weighted by molar-refractivity contribution is 0.170. The van der Waals surface area contributed by atoms with Crippen LogP contribution in [0.2, 0.25) is 0 Å². The number of halogens is 1. The fraction of sp³-hybridized carbons (Fsp3) is 0.538. The van der Waals surface area contributed by atoms with Crippen molar-refractivity contribution in [1.29, 1.82) is 0 Å². The van der Waals surface area contributed by atoms with E-state index in [1.807, 2.05) is 14.0 Å². The van der Waals surface area contributed by atoms with Crippen LogP contribution in [-0.2, 0) is 10.0 Å². The molecule has 1 heterocycles. The van der Waals surface area contributed by atoms with E-state index in [2.05, 4.69) is 4.90 Å². The van der Waals surface area contributed by atoms with Crippen LogP contribution >= 0.6 is 0 Å². The van der Waals surface area contributed by atoms with Gasteiger partial charge >= 0.3 is 0 Å². The third kappa shape index (κ3) is 2.80. The van der Waals surface area contributed by atoms with Crippen LogP contribution < -0.4 is 0 Å². The van der Waals surface area contributed by atoms with Gasteiger partial charge in [0, 0.05) is 25.7 Å². The van der Waals surface area contributed by atoms with Crippen LogP contribution in [0.5, 0.6) is 0 Å². The first-order valence-electron chi connectivity index (χ1n) is 6.29. The van der Waals surface area contributed by atoms with Crippen molar-refractivity contribution >= 4 is 10.0 Å². The molecule has 0 aliphatic carbocycles. The maximum Gasteiger partial charge on any atom is 0.243 e. The quantitative estimate of drug-likeness (QED) is 0.826. The molecule has 4 nitrogen and oxygen atoms in total. The summed E-state index contributed by atoms with van der Waals surface area (Å²) >= 11 is 0. The predicted octanol–water partition coefficient (Wildman–Crippen LogP) is 1.46. The van der Waals surface area contributed by atoms with Gasteiger partial charge < -0.3 is 4.90 Å². The molecule has 6 heteroatoms. The van der Waals surface area contributed by atoms with Gasteiger partial charge in [0.1, 0.15) is 5.82 Å². The van der Waals surface area contributed by atoms with E-state index in [9.17, 15) is 12.8 Å². The van der Waals surface area contributed by atoms with Crippen molar-refractivity contribution in [3.63, 3.8) is 0 Å².